The molecule has 2 unspecified atom stereocenters. The van der Waals surface area contributed by atoms with Gasteiger partial charge < -0.3 is 34.8 Å². The van der Waals surface area contributed by atoms with Crippen LogP contribution in [0.4, 0.5) is 22.0 Å². The zero-order chi connectivity index (χ0) is 43.0. The number of halogens is 5. The van der Waals surface area contributed by atoms with Crippen LogP contribution in [-0.2, 0) is 52.2 Å². The van der Waals surface area contributed by atoms with Crippen molar-refractivity contribution in [1.29, 1.82) is 0 Å². The van der Waals surface area contributed by atoms with E-state index in [1.165, 1.54) is 42.1 Å². The van der Waals surface area contributed by atoms with Crippen LogP contribution in [-0.4, -0.2) is 90.5 Å². The van der Waals surface area contributed by atoms with Crippen LogP contribution in [0.1, 0.15) is 54.1 Å². The summed E-state index contributed by atoms with van der Waals surface area (Å²) >= 11 is 1.22. The van der Waals surface area contributed by atoms with E-state index in [1.807, 2.05) is 33.7 Å². The molecule has 4 N–H and O–H groups in total. The normalized spacial score (nSPS) is 15.5. The van der Waals surface area contributed by atoms with Crippen LogP contribution in [0.25, 0.3) is 11.1 Å². The van der Waals surface area contributed by atoms with Gasteiger partial charge in [-0.2, -0.15) is 13.2 Å². The summed E-state index contributed by atoms with van der Waals surface area (Å²) in [5, 5.41) is 33.1. The van der Waals surface area contributed by atoms with Gasteiger partial charge in [-0.15, -0.1) is 11.8 Å². The molecule has 1 fully saturated rings. The highest BCUT2D eigenvalue weighted by molar-refractivity contribution is 7.98. The van der Waals surface area contributed by atoms with E-state index in [2.05, 4.69) is 11.8 Å². The molecule has 2 heterocycles. The van der Waals surface area contributed by atoms with Crippen molar-refractivity contribution >= 4 is 29.6 Å². The number of aliphatic hydroxyl groups is 2. The standard InChI is InChI=1S/C38H38F5N3O2S.C4H6O6/c1-2-44-19-17-30(18-20-44)45(22-25-9-11-26(12-10-25)27-13-15-29(16-14-27)38(41,42)43)35(48)23-46-33-8-4-6-31(33)34(47)21-36(46)49-24-28-5-3-7-32(39)37(28)40;5-1(3(7)8)2(6)4(9)10/h3,5,7,9-16,21,30H,2,4,6,8,17-20,22-24H2,1H3;1-2,5-6H,(H,7,8)(H,9,10). The van der Waals surface area contributed by atoms with Crippen molar-refractivity contribution < 1.29 is 56.8 Å². The number of aliphatic hydroxyl groups excluding tert-OH is 2. The second-order valence-electron chi connectivity index (χ2n) is 14.2. The van der Waals surface area contributed by atoms with Gasteiger partial charge in [0.05, 0.1) is 10.6 Å². The van der Waals surface area contributed by atoms with Crippen LogP contribution in [0, 0.1) is 11.6 Å². The van der Waals surface area contributed by atoms with Crippen LogP contribution >= 0.6 is 11.8 Å². The Balaban J connectivity index is 0.000000586. The minimum absolute atomic E-state index is 0.00480. The van der Waals surface area contributed by atoms with Crippen molar-refractivity contribution in [3.05, 3.63) is 123 Å². The van der Waals surface area contributed by atoms with E-state index >= 15 is 0 Å². The van der Waals surface area contributed by atoms with E-state index in [-0.39, 0.29) is 35.2 Å². The molecular weight excluding hydrogens is 802 g/mol. The Morgan fingerprint density at radius 1 is 0.881 bits per heavy atom. The summed E-state index contributed by atoms with van der Waals surface area (Å²) in [5.41, 5.74) is 3.23. The number of benzene rings is 3. The maximum Gasteiger partial charge on any atom is 0.416 e. The van der Waals surface area contributed by atoms with Gasteiger partial charge in [0.25, 0.3) is 0 Å². The molecule has 0 saturated carbocycles. The lowest BCUT2D eigenvalue weighted by molar-refractivity contribution is -0.165. The Morgan fingerprint density at radius 3 is 2.03 bits per heavy atom. The number of carbonyl (C=O) groups is 3. The number of likely N-dealkylation sites (tertiary alicyclic amines) is 1. The van der Waals surface area contributed by atoms with E-state index in [0.717, 1.165) is 73.9 Å². The average Bonchev–Trinajstić information content (AvgIpc) is 3.72. The van der Waals surface area contributed by atoms with Crippen molar-refractivity contribution in [2.24, 2.45) is 0 Å². The average molecular weight is 846 g/mol. The lowest BCUT2D eigenvalue weighted by Gasteiger charge is -2.38. The van der Waals surface area contributed by atoms with Gasteiger partial charge in [0.15, 0.2) is 29.3 Å². The van der Waals surface area contributed by atoms with Gasteiger partial charge in [-0.05, 0) is 73.5 Å². The minimum Gasteiger partial charge on any atom is -0.479 e. The van der Waals surface area contributed by atoms with Gasteiger partial charge in [-0.3, -0.25) is 9.59 Å². The fourth-order valence-electron chi connectivity index (χ4n) is 7.12. The fourth-order valence-corrected chi connectivity index (χ4v) is 8.17. The highest BCUT2D eigenvalue weighted by atomic mass is 32.2. The lowest BCUT2D eigenvalue weighted by Crippen LogP contribution is -2.48. The molecule has 2 atom stereocenters. The number of rotatable bonds is 13. The first-order valence-electron chi connectivity index (χ1n) is 18.9. The Kier molecular flexibility index (Phi) is 15.1. The monoisotopic (exact) mass is 845 g/mol. The number of carboxylic acids is 2. The van der Waals surface area contributed by atoms with E-state index in [9.17, 15) is 41.1 Å². The van der Waals surface area contributed by atoms with Crippen LogP contribution in [0.5, 0.6) is 0 Å². The number of thioether (sulfide) groups is 1. The van der Waals surface area contributed by atoms with Gasteiger partial charge >= 0.3 is 18.1 Å². The third-order valence-corrected chi connectivity index (χ3v) is 11.5. The summed E-state index contributed by atoms with van der Waals surface area (Å²) < 4.78 is 69.5. The smallest absolute Gasteiger partial charge is 0.416 e. The second-order valence-corrected chi connectivity index (χ2v) is 15.2. The summed E-state index contributed by atoms with van der Waals surface area (Å²) in [6, 6.07) is 18.1. The zero-order valence-electron chi connectivity index (χ0n) is 32.0. The van der Waals surface area contributed by atoms with Crippen molar-refractivity contribution in [1.82, 2.24) is 14.4 Å². The van der Waals surface area contributed by atoms with Crippen LogP contribution < -0.4 is 5.43 Å². The number of alkyl halides is 3. The quantitative estimate of drug-likeness (QED) is 0.0931. The van der Waals surface area contributed by atoms with E-state index in [4.69, 9.17) is 20.4 Å². The number of piperidine rings is 1. The highest BCUT2D eigenvalue weighted by Crippen LogP contribution is 2.32. The third kappa shape index (κ3) is 11.3. The molecule has 1 aliphatic heterocycles. The molecule has 1 amide bonds. The molecule has 17 heteroatoms. The van der Waals surface area contributed by atoms with Gasteiger partial charge in [0.1, 0.15) is 6.54 Å². The van der Waals surface area contributed by atoms with Crippen LogP contribution in [0.15, 0.2) is 82.6 Å². The second kappa shape index (κ2) is 19.8. The van der Waals surface area contributed by atoms with Crippen molar-refractivity contribution in [2.45, 2.75) is 87.3 Å². The van der Waals surface area contributed by atoms with Gasteiger partial charge in [-0.25, -0.2) is 18.4 Å². The van der Waals surface area contributed by atoms with Crippen molar-refractivity contribution in [3.63, 3.8) is 0 Å². The molecule has 0 bridgehead atoms. The van der Waals surface area contributed by atoms with E-state index < -0.39 is 47.5 Å². The first kappa shape index (κ1) is 45.0. The molecule has 1 aliphatic carbocycles. The number of pyridine rings is 1. The van der Waals surface area contributed by atoms with Gasteiger partial charge in [0, 0.05) is 54.3 Å². The molecule has 1 aromatic heterocycles. The molecule has 59 heavy (non-hydrogen) atoms. The lowest BCUT2D eigenvalue weighted by atomic mass is 10.00. The maximum absolute atomic E-state index is 14.5. The highest BCUT2D eigenvalue weighted by Gasteiger charge is 2.32. The first-order valence-corrected chi connectivity index (χ1v) is 19.9. The molecule has 4 aromatic rings. The molecule has 1 saturated heterocycles. The summed E-state index contributed by atoms with van der Waals surface area (Å²) in [6.07, 6.45) is -5.22. The topological polar surface area (TPSA) is 161 Å². The number of amides is 1. The molecule has 0 spiro atoms. The molecule has 2 aliphatic rings. The minimum atomic E-state index is -4.40. The Labute approximate surface area is 340 Å². The summed E-state index contributed by atoms with van der Waals surface area (Å²) in [6.45, 7) is 5.14. The number of carboxylic acid groups (broad SMARTS) is 2. The molecule has 6 rings (SSSR count). The van der Waals surface area contributed by atoms with Crippen molar-refractivity contribution in [2.75, 3.05) is 19.6 Å². The number of hydrogen-bond donors (Lipinski definition) is 4. The largest absolute Gasteiger partial charge is 0.479 e. The maximum atomic E-state index is 14.5. The number of aliphatic carboxylic acids is 2. The number of fused-ring (bicyclic) bond motifs is 1. The fraction of sp³-hybridized carbons (Fsp3) is 0.381. The van der Waals surface area contributed by atoms with E-state index in [1.54, 1.807) is 0 Å². The predicted octanol–water partition coefficient (Wildman–Crippen LogP) is 5.98. The number of nitrogens with zero attached hydrogens (tertiary/aromatic N) is 3. The third-order valence-electron chi connectivity index (χ3n) is 10.5. The Bertz CT molecular complexity index is 2160. The zero-order valence-corrected chi connectivity index (χ0v) is 32.8. The summed E-state index contributed by atoms with van der Waals surface area (Å²) in [4.78, 5) is 51.3. The van der Waals surface area contributed by atoms with Crippen molar-refractivity contribution in [3.8, 4) is 11.1 Å². The number of hydrogen-bond acceptors (Lipinski definition) is 8. The predicted molar refractivity (Wildman–Crippen MR) is 208 cm³/mol. The molecule has 0 radical (unpaired) electrons. The molecule has 11 nitrogen and oxygen atoms in total. The Hall–Kier alpha value is -5.10. The number of carbonyl (C=O) groups excluding carboxylic acids is 1. The molecule has 316 valence electrons. The summed E-state index contributed by atoms with van der Waals surface area (Å²) in [7, 11) is 0. The summed E-state index contributed by atoms with van der Waals surface area (Å²) in [5.74, 6) is -5.39. The van der Waals surface area contributed by atoms with E-state index in [0.29, 0.717) is 35.5 Å². The number of aromatic nitrogens is 1. The van der Waals surface area contributed by atoms with Gasteiger partial charge in [-0.1, -0.05) is 55.5 Å². The molecular formula is C42H44F5N3O8S. The molecule has 3 aromatic carbocycles. The first-order chi connectivity index (χ1) is 28.0. The Morgan fingerprint density at radius 2 is 1.47 bits per heavy atom. The van der Waals surface area contributed by atoms with Crippen LogP contribution in [0.3, 0.4) is 0 Å². The van der Waals surface area contributed by atoms with Crippen LogP contribution in [0.2, 0.25) is 0 Å². The SMILES string of the molecule is CCN1CCC(N(Cc2ccc(-c3ccc(C(F)(F)F)cc3)cc2)C(=O)Cn2c(SCc3cccc(F)c3F)cc(=O)c3c2CCC3)CC1.O=C(O)C(O)C(O)C(=O)O. The van der Waals surface area contributed by atoms with Gasteiger partial charge in [0.2, 0.25) is 5.91 Å².